The SMILES string of the molecule is CN=C(NCCc1ccn(-c2ccc(F)cc2)n1)N1CCC2(CCOC2)C1.I. The van der Waals surface area contributed by atoms with E-state index in [1.807, 2.05) is 19.3 Å². The first-order valence-electron chi connectivity index (χ1n) is 9.51. The normalized spacial score (nSPS) is 21.9. The molecule has 28 heavy (non-hydrogen) atoms. The fourth-order valence-electron chi connectivity index (χ4n) is 3.95. The number of likely N-dealkylation sites (tertiary alicyclic amines) is 1. The van der Waals surface area contributed by atoms with E-state index in [2.05, 4.69) is 20.3 Å². The fourth-order valence-corrected chi connectivity index (χ4v) is 3.95. The predicted octanol–water partition coefficient (Wildman–Crippen LogP) is 2.86. The highest BCUT2D eigenvalue weighted by Crippen LogP contribution is 2.38. The number of hydrogen-bond acceptors (Lipinski definition) is 3. The maximum absolute atomic E-state index is 13.0. The van der Waals surface area contributed by atoms with Crippen molar-refractivity contribution in [1.29, 1.82) is 0 Å². The Hall–Kier alpha value is -1.68. The molecule has 4 rings (SSSR count). The van der Waals surface area contributed by atoms with Gasteiger partial charge in [-0.15, -0.1) is 24.0 Å². The Morgan fingerprint density at radius 3 is 2.82 bits per heavy atom. The molecule has 0 radical (unpaired) electrons. The largest absolute Gasteiger partial charge is 0.381 e. The summed E-state index contributed by atoms with van der Waals surface area (Å²) in [7, 11) is 1.84. The molecule has 152 valence electrons. The van der Waals surface area contributed by atoms with Crippen molar-refractivity contribution in [1.82, 2.24) is 20.0 Å². The summed E-state index contributed by atoms with van der Waals surface area (Å²) in [6.07, 6.45) is 5.04. The van der Waals surface area contributed by atoms with Crippen molar-refractivity contribution in [2.24, 2.45) is 10.4 Å². The minimum atomic E-state index is -0.241. The van der Waals surface area contributed by atoms with Crippen LogP contribution in [-0.4, -0.2) is 60.5 Å². The summed E-state index contributed by atoms with van der Waals surface area (Å²) in [6, 6.07) is 8.33. The van der Waals surface area contributed by atoms with E-state index in [4.69, 9.17) is 4.74 Å². The fraction of sp³-hybridized carbons (Fsp3) is 0.500. The van der Waals surface area contributed by atoms with Crippen LogP contribution in [0.25, 0.3) is 5.69 Å². The van der Waals surface area contributed by atoms with Gasteiger partial charge in [-0.25, -0.2) is 9.07 Å². The highest BCUT2D eigenvalue weighted by atomic mass is 127. The third kappa shape index (κ3) is 4.65. The molecule has 2 aliphatic rings. The molecule has 1 N–H and O–H groups in total. The number of aromatic nitrogens is 2. The molecule has 2 fully saturated rings. The van der Waals surface area contributed by atoms with Crippen LogP contribution in [0, 0.1) is 11.2 Å². The third-order valence-electron chi connectivity index (χ3n) is 5.53. The molecule has 1 spiro atoms. The quantitative estimate of drug-likeness (QED) is 0.400. The Labute approximate surface area is 182 Å². The van der Waals surface area contributed by atoms with E-state index >= 15 is 0 Å². The Bertz CT molecular complexity index is 801. The van der Waals surface area contributed by atoms with Crippen LogP contribution in [0.4, 0.5) is 4.39 Å². The molecule has 0 aliphatic carbocycles. The topological polar surface area (TPSA) is 54.7 Å². The van der Waals surface area contributed by atoms with Gasteiger partial charge in [0.2, 0.25) is 0 Å². The van der Waals surface area contributed by atoms with E-state index in [0.717, 1.165) is 63.0 Å². The van der Waals surface area contributed by atoms with Crippen LogP contribution in [0.2, 0.25) is 0 Å². The lowest BCUT2D eigenvalue weighted by atomic mass is 9.87. The predicted molar refractivity (Wildman–Crippen MR) is 118 cm³/mol. The molecule has 0 bridgehead atoms. The Balaban J connectivity index is 0.00000225. The molecule has 6 nitrogen and oxygen atoms in total. The number of nitrogens with zero attached hydrogens (tertiary/aromatic N) is 4. The van der Waals surface area contributed by atoms with Gasteiger partial charge in [-0.2, -0.15) is 5.10 Å². The molecule has 1 atom stereocenters. The number of guanidine groups is 1. The number of rotatable bonds is 4. The molecule has 1 unspecified atom stereocenters. The van der Waals surface area contributed by atoms with E-state index in [-0.39, 0.29) is 29.8 Å². The first-order valence-corrected chi connectivity index (χ1v) is 9.51. The summed E-state index contributed by atoms with van der Waals surface area (Å²) in [5.41, 5.74) is 2.17. The van der Waals surface area contributed by atoms with Gasteiger partial charge in [-0.1, -0.05) is 0 Å². The summed E-state index contributed by atoms with van der Waals surface area (Å²) in [5, 5.41) is 8.03. The number of hydrogen-bond donors (Lipinski definition) is 1. The maximum Gasteiger partial charge on any atom is 0.193 e. The summed E-state index contributed by atoms with van der Waals surface area (Å²) in [5.74, 6) is 0.714. The number of halogens is 2. The van der Waals surface area contributed by atoms with Crippen LogP contribution in [-0.2, 0) is 11.2 Å². The zero-order chi connectivity index (χ0) is 18.7. The Morgan fingerprint density at radius 1 is 1.29 bits per heavy atom. The smallest absolute Gasteiger partial charge is 0.193 e. The van der Waals surface area contributed by atoms with Gasteiger partial charge in [0.15, 0.2) is 5.96 Å². The molecule has 2 aromatic rings. The average Bonchev–Trinajstić information content (AvgIpc) is 3.42. The highest BCUT2D eigenvalue weighted by molar-refractivity contribution is 14.0. The van der Waals surface area contributed by atoms with Gasteiger partial charge in [-0.05, 0) is 43.2 Å². The standard InChI is InChI=1S/C20H26FN5O.HI/c1-22-19(25-12-8-20(14-25)9-13-27-15-20)23-10-6-17-7-11-26(24-17)18-4-2-16(21)3-5-18;/h2-5,7,11H,6,8-10,12-15H2,1H3,(H,22,23);1H. The molecule has 8 heteroatoms. The third-order valence-corrected chi connectivity index (χ3v) is 5.53. The van der Waals surface area contributed by atoms with Crippen molar-refractivity contribution in [2.45, 2.75) is 19.3 Å². The molecule has 0 saturated carbocycles. The van der Waals surface area contributed by atoms with Gasteiger partial charge in [0.25, 0.3) is 0 Å². The molecule has 1 aromatic heterocycles. The van der Waals surface area contributed by atoms with Gasteiger partial charge in [-0.3, -0.25) is 4.99 Å². The van der Waals surface area contributed by atoms with Gasteiger partial charge in [0.05, 0.1) is 18.0 Å². The second-order valence-corrected chi connectivity index (χ2v) is 7.43. The molecule has 2 saturated heterocycles. The summed E-state index contributed by atoms with van der Waals surface area (Å²) in [6.45, 7) is 4.58. The molecule has 3 heterocycles. The minimum absolute atomic E-state index is 0. The first kappa shape index (κ1) is 21.0. The van der Waals surface area contributed by atoms with Crippen molar-refractivity contribution in [2.75, 3.05) is 39.9 Å². The van der Waals surface area contributed by atoms with Gasteiger partial charge < -0.3 is 15.0 Å². The van der Waals surface area contributed by atoms with Crippen molar-refractivity contribution in [3.05, 3.63) is 48.0 Å². The van der Waals surface area contributed by atoms with Crippen LogP contribution in [0.3, 0.4) is 0 Å². The lowest BCUT2D eigenvalue weighted by Crippen LogP contribution is -2.42. The lowest BCUT2D eigenvalue weighted by molar-refractivity contribution is 0.156. The molecular formula is C20H27FIN5O. The molecular weight excluding hydrogens is 472 g/mol. The van der Waals surface area contributed by atoms with Crippen molar-refractivity contribution in [3.8, 4) is 5.69 Å². The first-order chi connectivity index (χ1) is 13.2. The zero-order valence-electron chi connectivity index (χ0n) is 16.1. The second-order valence-electron chi connectivity index (χ2n) is 7.43. The summed E-state index contributed by atoms with van der Waals surface area (Å²) >= 11 is 0. The monoisotopic (exact) mass is 499 g/mol. The summed E-state index contributed by atoms with van der Waals surface area (Å²) < 4.78 is 20.4. The summed E-state index contributed by atoms with van der Waals surface area (Å²) in [4.78, 5) is 6.79. The van der Waals surface area contributed by atoms with E-state index in [9.17, 15) is 4.39 Å². The number of benzene rings is 1. The zero-order valence-corrected chi connectivity index (χ0v) is 18.4. The molecule has 0 amide bonds. The molecule has 1 aromatic carbocycles. The van der Waals surface area contributed by atoms with Crippen LogP contribution >= 0.6 is 24.0 Å². The van der Waals surface area contributed by atoms with Gasteiger partial charge >= 0.3 is 0 Å². The van der Waals surface area contributed by atoms with E-state index in [1.165, 1.54) is 18.6 Å². The number of ether oxygens (including phenoxy) is 1. The van der Waals surface area contributed by atoms with Crippen molar-refractivity contribution in [3.63, 3.8) is 0 Å². The van der Waals surface area contributed by atoms with Crippen LogP contribution < -0.4 is 5.32 Å². The number of nitrogens with one attached hydrogen (secondary N) is 1. The van der Waals surface area contributed by atoms with Crippen LogP contribution in [0.1, 0.15) is 18.5 Å². The maximum atomic E-state index is 13.0. The Kier molecular flexibility index (Phi) is 6.92. The molecule has 2 aliphatic heterocycles. The lowest BCUT2D eigenvalue weighted by Gasteiger charge is -2.24. The van der Waals surface area contributed by atoms with Gasteiger partial charge in [0.1, 0.15) is 5.82 Å². The number of aliphatic imine (C=N–C) groups is 1. The highest BCUT2D eigenvalue weighted by Gasteiger charge is 2.42. The van der Waals surface area contributed by atoms with Crippen molar-refractivity contribution >= 4 is 29.9 Å². The second kappa shape index (κ2) is 9.21. The minimum Gasteiger partial charge on any atom is -0.381 e. The van der Waals surface area contributed by atoms with E-state index < -0.39 is 0 Å². The van der Waals surface area contributed by atoms with Gasteiger partial charge in [0, 0.05) is 51.3 Å². The average molecular weight is 499 g/mol. The Morgan fingerprint density at radius 2 is 2.11 bits per heavy atom. The van der Waals surface area contributed by atoms with E-state index in [0.29, 0.717) is 5.41 Å². The van der Waals surface area contributed by atoms with Crippen LogP contribution in [0.15, 0.2) is 41.5 Å². The van der Waals surface area contributed by atoms with E-state index in [1.54, 1.807) is 16.8 Å². The van der Waals surface area contributed by atoms with Crippen molar-refractivity contribution < 1.29 is 9.13 Å². The van der Waals surface area contributed by atoms with Crippen LogP contribution in [0.5, 0.6) is 0 Å².